The molecular formula is C12H12FN3O. The summed E-state index contributed by atoms with van der Waals surface area (Å²) in [5.41, 5.74) is 0.911. The van der Waals surface area contributed by atoms with Crippen LogP contribution in [0.15, 0.2) is 36.4 Å². The standard InChI is InChI=1S/C12H12FN3O/c1-16(11-5-3-2-4-10(11)13)12-7-6-9(8-17)14-15-12/h2-7,17H,8H2,1H3. The molecule has 0 aliphatic carbocycles. The summed E-state index contributed by atoms with van der Waals surface area (Å²) in [6.07, 6.45) is 0. The van der Waals surface area contributed by atoms with Crippen LogP contribution < -0.4 is 4.90 Å². The van der Waals surface area contributed by atoms with E-state index in [-0.39, 0.29) is 12.4 Å². The van der Waals surface area contributed by atoms with Gasteiger partial charge in [0.15, 0.2) is 5.82 Å². The molecule has 0 aliphatic heterocycles. The van der Waals surface area contributed by atoms with Crippen LogP contribution in [0.5, 0.6) is 0 Å². The fourth-order valence-corrected chi connectivity index (χ4v) is 1.46. The highest BCUT2D eigenvalue weighted by atomic mass is 19.1. The van der Waals surface area contributed by atoms with E-state index in [1.807, 2.05) is 0 Å². The van der Waals surface area contributed by atoms with Gasteiger partial charge in [-0.2, -0.15) is 5.10 Å². The van der Waals surface area contributed by atoms with Gasteiger partial charge in [-0.25, -0.2) is 4.39 Å². The molecular weight excluding hydrogens is 221 g/mol. The molecule has 0 saturated carbocycles. The summed E-state index contributed by atoms with van der Waals surface area (Å²) in [6.45, 7) is -0.156. The number of rotatable bonds is 3. The van der Waals surface area contributed by atoms with Crippen LogP contribution in [0.3, 0.4) is 0 Å². The topological polar surface area (TPSA) is 49.2 Å². The van der Waals surface area contributed by atoms with Gasteiger partial charge in [-0.05, 0) is 24.3 Å². The number of halogens is 1. The maximum Gasteiger partial charge on any atom is 0.155 e. The third-order valence-electron chi connectivity index (χ3n) is 2.43. The normalized spacial score (nSPS) is 10.3. The molecule has 1 heterocycles. The molecule has 0 aliphatic rings. The summed E-state index contributed by atoms with van der Waals surface area (Å²) >= 11 is 0. The van der Waals surface area contributed by atoms with Crippen LogP contribution in [0.2, 0.25) is 0 Å². The lowest BCUT2D eigenvalue weighted by Crippen LogP contribution is -2.13. The molecule has 0 fully saturated rings. The zero-order chi connectivity index (χ0) is 12.3. The van der Waals surface area contributed by atoms with Crippen molar-refractivity contribution in [3.8, 4) is 0 Å². The molecule has 1 aromatic carbocycles. The molecule has 88 valence electrons. The number of hydrogen-bond donors (Lipinski definition) is 1. The van der Waals surface area contributed by atoms with Crippen molar-refractivity contribution >= 4 is 11.5 Å². The van der Waals surface area contributed by atoms with Crippen LogP contribution in [-0.4, -0.2) is 22.4 Å². The number of aliphatic hydroxyl groups excluding tert-OH is 1. The smallest absolute Gasteiger partial charge is 0.155 e. The average molecular weight is 233 g/mol. The Balaban J connectivity index is 2.30. The number of para-hydroxylation sites is 1. The van der Waals surface area contributed by atoms with Gasteiger partial charge < -0.3 is 10.0 Å². The molecule has 0 saturated heterocycles. The summed E-state index contributed by atoms with van der Waals surface area (Å²) < 4.78 is 13.5. The quantitative estimate of drug-likeness (QED) is 0.879. The zero-order valence-electron chi connectivity index (χ0n) is 9.34. The molecule has 0 atom stereocenters. The Kier molecular flexibility index (Phi) is 3.30. The second-order valence-electron chi connectivity index (χ2n) is 3.55. The van der Waals surface area contributed by atoms with Crippen molar-refractivity contribution in [3.63, 3.8) is 0 Å². The number of aromatic nitrogens is 2. The van der Waals surface area contributed by atoms with Gasteiger partial charge in [0, 0.05) is 7.05 Å². The number of nitrogens with zero attached hydrogens (tertiary/aromatic N) is 3. The molecule has 0 unspecified atom stereocenters. The van der Waals surface area contributed by atoms with E-state index in [1.54, 1.807) is 42.3 Å². The number of anilines is 2. The minimum Gasteiger partial charge on any atom is -0.390 e. The van der Waals surface area contributed by atoms with Crippen molar-refractivity contribution in [2.75, 3.05) is 11.9 Å². The Labute approximate surface area is 98.3 Å². The van der Waals surface area contributed by atoms with Crippen molar-refractivity contribution < 1.29 is 9.50 Å². The van der Waals surface area contributed by atoms with E-state index in [4.69, 9.17) is 5.11 Å². The van der Waals surface area contributed by atoms with E-state index in [0.29, 0.717) is 17.2 Å². The Morgan fingerprint density at radius 3 is 2.53 bits per heavy atom. The minimum atomic E-state index is -0.317. The first-order valence-corrected chi connectivity index (χ1v) is 5.14. The van der Waals surface area contributed by atoms with Crippen LogP contribution >= 0.6 is 0 Å². The van der Waals surface area contributed by atoms with E-state index in [9.17, 15) is 4.39 Å². The first kappa shape index (κ1) is 11.5. The van der Waals surface area contributed by atoms with Crippen molar-refractivity contribution in [2.24, 2.45) is 0 Å². The van der Waals surface area contributed by atoms with Gasteiger partial charge in [0.1, 0.15) is 5.82 Å². The van der Waals surface area contributed by atoms with Crippen molar-refractivity contribution in [1.29, 1.82) is 0 Å². The summed E-state index contributed by atoms with van der Waals surface area (Å²) in [6, 6.07) is 9.78. The third-order valence-corrected chi connectivity index (χ3v) is 2.43. The molecule has 17 heavy (non-hydrogen) atoms. The second kappa shape index (κ2) is 4.88. The molecule has 0 bridgehead atoms. The summed E-state index contributed by atoms with van der Waals surface area (Å²) in [4.78, 5) is 1.60. The Hall–Kier alpha value is -2.01. The monoisotopic (exact) mass is 233 g/mol. The van der Waals surface area contributed by atoms with Crippen LogP contribution in [0.1, 0.15) is 5.69 Å². The SMILES string of the molecule is CN(c1ccc(CO)nn1)c1ccccc1F. The van der Waals surface area contributed by atoms with E-state index < -0.39 is 0 Å². The van der Waals surface area contributed by atoms with Gasteiger partial charge in [-0.15, -0.1) is 5.10 Å². The number of hydrogen-bond acceptors (Lipinski definition) is 4. The lowest BCUT2D eigenvalue weighted by molar-refractivity contribution is 0.275. The largest absolute Gasteiger partial charge is 0.390 e. The second-order valence-corrected chi connectivity index (χ2v) is 3.55. The Morgan fingerprint density at radius 2 is 1.94 bits per heavy atom. The first-order valence-electron chi connectivity index (χ1n) is 5.14. The lowest BCUT2D eigenvalue weighted by atomic mass is 10.3. The van der Waals surface area contributed by atoms with Crippen LogP contribution in [-0.2, 0) is 6.61 Å². The molecule has 2 aromatic rings. The highest BCUT2D eigenvalue weighted by Gasteiger charge is 2.09. The molecule has 1 N–H and O–H groups in total. The average Bonchev–Trinajstić information content (AvgIpc) is 2.39. The number of aliphatic hydroxyl groups is 1. The Morgan fingerprint density at radius 1 is 1.18 bits per heavy atom. The van der Waals surface area contributed by atoms with E-state index in [1.165, 1.54) is 6.07 Å². The lowest BCUT2D eigenvalue weighted by Gasteiger charge is -2.18. The Bertz CT molecular complexity index is 501. The first-order chi connectivity index (χ1) is 8.22. The van der Waals surface area contributed by atoms with Gasteiger partial charge in [-0.3, -0.25) is 0 Å². The zero-order valence-corrected chi connectivity index (χ0v) is 9.34. The fourth-order valence-electron chi connectivity index (χ4n) is 1.46. The molecule has 1 aromatic heterocycles. The van der Waals surface area contributed by atoms with Gasteiger partial charge in [0.05, 0.1) is 18.0 Å². The maximum atomic E-state index is 13.5. The molecule has 5 heteroatoms. The summed E-state index contributed by atoms with van der Waals surface area (Å²) in [5.74, 6) is 0.204. The van der Waals surface area contributed by atoms with Gasteiger partial charge in [-0.1, -0.05) is 12.1 Å². The molecule has 0 spiro atoms. The number of benzene rings is 1. The predicted octanol–water partition coefficient (Wildman–Crippen LogP) is 1.88. The highest BCUT2D eigenvalue weighted by molar-refractivity contribution is 5.59. The van der Waals surface area contributed by atoms with Gasteiger partial charge in [0.25, 0.3) is 0 Å². The predicted molar refractivity (Wildman–Crippen MR) is 62.4 cm³/mol. The van der Waals surface area contributed by atoms with Crippen molar-refractivity contribution in [2.45, 2.75) is 6.61 Å². The third kappa shape index (κ3) is 2.39. The van der Waals surface area contributed by atoms with E-state index in [0.717, 1.165) is 0 Å². The van der Waals surface area contributed by atoms with Crippen molar-refractivity contribution in [3.05, 3.63) is 47.9 Å². The van der Waals surface area contributed by atoms with Crippen molar-refractivity contribution in [1.82, 2.24) is 10.2 Å². The molecule has 2 rings (SSSR count). The summed E-state index contributed by atoms with van der Waals surface area (Å²) in [5, 5.41) is 16.6. The van der Waals surface area contributed by atoms with Crippen LogP contribution in [0, 0.1) is 5.82 Å². The fraction of sp³-hybridized carbons (Fsp3) is 0.167. The van der Waals surface area contributed by atoms with Crippen LogP contribution in [0.4, 0.5) is 15.9 Å². The minimum absolute atomic E-state index is 0.156. The van der Waals surface area contributed by atoms with E-state index >= 15 is 0 Å². The molecule has 4 nitrogen and oxygen atoms in total. The molecule has 0 amide bonds. The molecule has 0 radical (unpaired) electrons. The van der Waals surface area contributed by atoms with Crippen LogP contribution in [0.25, 0.3) is 0 Å². The highest BCUT2D eigenvalue weighted by Crippen LogP contribution is 2.23. The maximum absolute atomic E-state index is 13.5. The summed E-state index contributed by atoms with van der Waals surface area (Å²) in [7, 11) is 1.71. The van der Waals surface area contributed by atoms with Gasteiger partial charge >= 0.3 is 0 Å². The van der Waals surface area contributed by atoms with Gasteiger partial charge in [0.2, 0.25) is 0 Å². The van der Waals surface area contributed by atoms with E-state index in [2.05, 4.69) is 10.2 Å².